The van der Waals surface area contributed by atoms with Crippen LogP contribution in [0, 0.1) is 11.3 Å². The summed E-state index contributed by atoms with van der Waals surface area (Å²) in [6.07, 6.45) is -1.63. The van der Waals surface area contributed by atoms with Crippen LogP contribution in [-0.4, -0.2) is 47.7 Å². The van der Waals surface area contributed by atoms with Crippen LogP contribution in [0.2, 0.25) is 0 Å². The second-order valence-electron chi connectivity index (χ2n) is 4.07. The van der Waals surface area contributed by atoms with Gasteiger partial charge in [0, 0.05) is 13.1 Å². The van der Waals surface area contributed by atoms with Crippen molar-refractivity contribution in [2.75, 3.05) is 25.9 Å². The fourth-order valence-corrected chi connectivity index (χ4v) is 2.40. The summed E-state index contributed by atoms with van der Waals surface area (Å²) in [6, 6.07) is 1.49. The first-order valence-electron chi connectivity index (χ1n) is 5.38. The van der Waals surface area contributed by atoms with Gasteiger partial charge in [0.2, 0.25) is 0 Å². The lowest BCUT2D eigenvalue weighted by Gasteiger charge is -2.36. The molecule has 1 aliphatic heterocycles. The van der Waals surface area contributed by atoms with E-state index in [1.807, 2.05) is 11.6 Å². The molecule has 1 aliphatic rings. The van der Waals surface area contributed by atoms with Crippen LogP contribution in [0.25, 0.3) is 0 Å². The number of nitrogens with one attached hydrogen (secondary N) is 1. The third-order valence-corrected chi connectivity index (χ3v) is 4.17. The van der Waals surface area contributed by atoms with Gasteiger partial charge in [-0.25, -0.2) is 4.79 Å². The van der Waals surface area contributed by atoms with E-state index in [1.165, 1.54) is 16.7 Å². The molecule has 1 saturated heterocycles. The van der Waals surface area contributed by atoms with Crippen molar-refractivity contribution in [2.24, 2.45) is 0 Å². The number of piperidine rings is 1. The minimum atomic E-state index is -4.40. The van der Waals surface area contributed by atoms with E-state index >= 15 is 0 Å². The van der Waals surface area contributed by atoms with Crippen LogP contribution >= 0.6 is 11.8 Å². The number of carbonyl (C=O) groups excluding carboxylic acids is 1. The predicted molar refractivity (Wildman–Crippen MR) is 62.1 cm³/mol. The predicted octanol–water partition coefficient (Wildman–Crippen LogP) is 1.98. The summed E-state index contributed by atoms with van der Waals surface area (Å²) in [4.78, 5) is 12.8. The minimum absolute atomic E-state index is 0.304. The summed E-state index contributed by atoms with van der Waals surface area (Å²) < 4.78 is 35.3. The molecule has 0 aromatic rings. The normalized spacial score (nSPS) is 19.2. The Morgan fingerprint density at radius 3 is 2.44 bits per heavy atom. The zero-order chi connectivity index (χ0) is 13.8. The summed E-state index contributed by atoms with van der Waals surface area (Å²) >= 11 is 1.43. The average Bonchev–Trinajstić information content (AvgIpc) is 2.35. The number of urea groups is 1. The summed E-state index contributed by atoms with van der Waals surface area (Å²) in [5, 5.41) is 10.9. The minimum Gasteiger partial charge on any atom is -0.329 e. The van der Waals surface area contributed by atoms with Crippen molar-refractivity contribution in [3.8, 4) is 6.07 Å². The maximum absolute atomic E-state index is 11.9. The Morgan fingerprint density at radius 1 is 1.50 bits per heavy atom. The first kappa shape index (κ1) is 15.0. The number of carbonyl (C=O) groups is 1. The zero-order valence-corrected chi connectivity index (χ0v) is 10.7. The van der Waals surface area contributed by atoms with Crippen molar-refractivity contribution >= 4 is 17.8 Å². The highest BCUT2D eigenvalue weighted by Gasteiger charge is 2.36. The van der Waals surface area contributed by atoms with Crippen LogP contribution in [0.4, 0.5) is 18.0 Å². The van der Waals surface area contributed by atoms with E-state index < -0.39 is 23.5 Å². The van der Waals surface area contributed by atoms with Crippen molar-refractivity contribution in [3.63, 3.8) is 0 Å². The number of hydrogen-bond acceptors (Lipinski definition) is 3. The van der Waals surface area contributed by atoms with E-state index in [9.17, 15) is 18.0 Å². The van der Waals surface area contributed by atoms with Gasteiger partial charge in [-0.2, -0.15) is 18.4 Å². The number of hydrogen-bond donors (Lipinski definition) is 1. The Morgan fingerprint density at radius 2 is 2.06 bits per heavy atom. The quantitative estimate of drug-likeness (QED) is 0.842. The molecule has 102 valence electrons. The molecule has 0 aliphatic carbocycles. The number of nitriles is 1. The molecule has 0 unspecified atom stereocenters. The topological polar surface area (TPSA) is 56.1 Å². The van der Waals surface area contributed by atoms with Crippen LogP contribution in [-0.2, 0) is 0 Å². The van der Waals surface area contributed by atoms with Crippen LogP contribution in [0.15, 0.2) is 0 Å². The van der Waals surface area contributed by atoms with E-state index in [0.29, 0.717) is 25.9 Å². The van der Waals surface area contributed by atoms with Gasteiger partial charge in [0.05, 0.1) is 6.07 Å². The van der Waals surface area contributed by atoms with Gasteiger partial charge in [-0.05, 0) is 19.1 Å². The van der Waals surface area contributed by atoms with E-state index in [4.69, 9.17) is 5.26 Å². The molecule has 0 spiro atoms. The number of likely N-dealkylation sites (tertiary alicyclic amines) is 1. The molecule has 0 saturated carbocycles. The number of rotatable bonds is 2. The third kappa shape index (κ3) is 3.98. The maximum atomic E-state index is 11.9. The molecule has 1 rings (SSSR count). The molecule has 0 aromatic heterocycles. The van der Waals surface area contributed by atoms with Gasteiger partial charge in [-0.3, -0.25) is 0 Å². The number of nitrogens with zero attached hydrogens (tertiary/aromatic N) is 2. The highest BCUT2D eigenvalue weighted by atomic mass is 32.2. The van der Waals surface area contributed by atoms with E-state index in [1.54, 1.807) is 0 Å². The van der Waals surface area contributed by atoms with Gasteiger partial charge in [-0.1, -0.05) is 0 Å². The average molecular weight is 281 g/mol. The van der Waals surface area contributed by atoms with Crippen molar-refractivity contribution < 1.29 is 18.0 Å². The largest absolute Gasteiger partial charge is 0.405 e. The van der Waals surface area contributed by atoms with Gasteiger partial charge in [-0.15, -0.1) is 11.8 Å². The van der Waals surface area contributed by atoms with Gasteiger partial charge < -0.3 is 10.2 Å². The van der Waals surface area contributed by atoms with Crippen LogP contribution in [0.5, 0.6) is 0 Å². The Hall–Kier alpha value is -1.10. The van der Waals surface area contributed by atoms with Gasteiger partial charge in [0.25, 0.3) is 0 Å². The SMILES string of the molecule is CSC1(C#N)CCN(C(=O)NCC(F)(F)F)CC1. The molecule has 1 N–H and O–H groups in total. The molecule has 0 aromatic carbocycles. The first-order valence-corrected chi connectivity index (χ1v) is 6.60. The molecule has 0 radical (unpaired) electrons. The number of amides is 2. The van der Waals surface area contributed by atoms with Crippen molar-refractivity contribution in [1.82, 2.24) is 10.2 Å². The number of thioether (sulfide) groups is 1. The number of alkyl halides is 3. The second kappa shape index (κ2) is 5.69. The highest BCUT2D eigenvalue weighted by molar-refractivity contribution is 8.00. The molecule has 0 atom stereocenters. The van der Waals surface area contributed by atoms with Crippen LogP contribution in [0.1, 0.15) is 12.8 Å². The summed E-state index contributed by atoms with van der Waals surface area (Å²) in [5.41, 5.74) is 0. The van der Waals surface area contributed by atoms with Crippen molar-refractivity contribution in [3.05, 3.63) is 0 Å². The molecule has 8 heteroatoms. The Kier molecular flexibility index (Phi) is 4.73. The molecule has 4 nitrogen and oxygen atoms in total. The molecule has 2 amide bonds. The van der Waals surface area contributed by atoms with Crippen molar-refractivity contribution in [1.29, 1.82) is 5.26 Å². The summed E-state index contributed by atoms with van der Waals surface area (Å²) in [5.74, 6) is 0. The molecule has 1 heterocycles. The zero-order valence-electron chi connectivity index (χ0n) is 9.88. The lowest BCUT2D eigenvalue weighted by atomic mass is 9.97. The Bertz CT molecular complexity index is 345. The highest BCUT2D eigenvalue weighted by Crippen LogP contribution is 2.33. The third-order valence-electron chi connectivity index (χ3n) is 2.89. The van der Waals surface area contributed by atoms with Gasteiger partial charge in [0.15, 0.2) is 0 Å². The Balaban J connectivity index is 2.44. The van der Waals surface area contributed by atoms with Crippen LogP contribution in [0.3, 0.4) is 0 Å². The standard InChI is InChI=1S/C10H14F3N3OS/c1-18-9(6-14)2-4-16(5-3-9)8(17)15-7-10(11,12)13/h2-5,7H2,1H3,(H,15,17). The summed E-state index contributed by atoms with van der Waals surface area (Å²) in [6.45, 7) is -0.718. The fraction of sp³-hybridized carbons (Fsp3) is 0.800. The number of halogens is 3. The molecular weight excluding hydrogens is 267 g/mol. The molecular formula is C10H14F3N3OS. The second-order valence-corrected chi connectivity index (χ2v) is 5.26. The summed E-state index contributed by atoms with van der Waals surface area (Å²) in [7, 11) is 0. The Labute approximate surface area is 108 Å². The lowest BCUT2D eigenvalue weighted by molar-refractivity contribution is -0.123. The van der Waals surface area contributed by atoms with E-state index in [-0.39, 0.29) is 0 Å². The maximum Gasteiger partial charge on any atom is 0.405 e. The molecule has 0 bridgehead atoms. The van der Waals surface area contributed by atoms with Crippen LogP contribution < -0.4 is 5.32 Å². The molecule has 1 fully saturated rings. The monoisotopic (exact) mass is 281 g/mol. The fourth-order valence-electron chi connectivity index (χ4n) is 1.72. The van der Waals surface area contributed by atoms with Crippen molar-refractivity contribution in [2.45, 2.75) is 23.8 Å². The smallest absolute Gasteiger partial charge is 0.329 e. The van der Waals surface area contributed by atoms with Gasteiger partial charge in [0.1, 0.15) is 11.3 Å². The van der Waals surface area contributed by atoms with E-state index in [2.05, 4.69) is 6.07 Å². The van der Waals surface area contributed by atoms with Gasteiger partial charge >= 0.3 is 12.2 Å². The lowest BCUT2D eigenvalue weighted by Crippen LogP contribution is -2.49. The first-order chi connectivity index (χ1) is 8.32. The van der Waals surface area contributed by atoms with E-state index in [0.717, 1.165) is 0 Å². The molecule has 18 heavy (non-hydrogen) atoms.